The fourth-order valence-corrected chi connectivity index (χ4v) is 4.06. The number of likely N-dealkylation sites (tertiary alicyclic amines) is 1. The van der Waals surface area contributed by atoms with Gasteiger partial charge in [-0.05, 0) is 55.2 Å². The predicted octanol–water partition coefficient (Wildman–Crippen LogP) is 4.27. The normalized spacial score (nSPS) is 22.9. The zero-order valence-corrected chi connectivity index (χ0v) is 15.9. The van der Waals surface area contributed by atoms with Crippen molar-refractivity contribution in [3.8, 4) is 0 Å². The van der Waals surface area contributed by atoms with Crippen LogP contribution in [0.5, 0.6) is 0 Å². The highest BCUT2D eigenvalue weighted by Gasteiger charge is 2.61. The molecule has 4 rings (SSSR count). The summed E-state index contributed by atoms with van der Waals surface area (Å²) in [5.74, 6) is -0.598. The highest BCUT2D eigenvalue weighted by atomic mass is 19.1. The number of halogens is 1. The van der Waals surface area contributed by atoms with E-state index in [9.17, 15) is 14.0 Å². The molecule has 2 N–H and O–H groups in total. The molecule has 146 valence electrons. The monoisotopic (exact) mass is 381 g/mol. The summed E-state index contributed by atoms with van der Waals surface area (Å²) >= 11 is 0. The molecule has 0 unspecified atom stereocenters. The molecule has 2 aromatic rings. The van der Waals surface area contributed by atoms with Gasteiger partial charge in [-0.1, -0.05) is 25.1 Å². The number of rotatable bonds is 4. The van der Waals surface area contributed by atoms with Crippen LogP contribution in [-0.4, -0.2) is 29.9 Å². The lowest BCUT2D eigenvalue weighted by atomic mass is 10.0. The van der Waals surface area contributed by atoms with Crippen molar-refractivity contribution in [3.63, 3.8) is 0 Å². The van der Waals surface area contributed by atoms with Crippen LogP contribution < -0.4 is 10.6 Å². The van der Waals surface area contributed by atoms with Crippen LogP contribution in [0.2, 0.25) is 0 Å². The van der Waals surface area contributed by atoms with Crippen molar-refractivity contribution < 1.29 is 14.0 Å². The van der Waals surface area contributed by atoms with Crippen LogP contribution in [0.1, 0.15) is 25.3 Å². The zero-order valence-electron chi connectivity index (χ0n) is 15.9. The van der Waals surface area contributed by atoms with Gasteiger partial charge in [-0.15, -0.1) is 0 Å². The molecule has 6 heteroatoms. The number of hydrogen-bond donors (Lipinski definition) is 2. The molecule has 2 aliphatic rings. The molecule has 2 fully saturated rings. The minimum Gasteiger partial charge on any atom is -0.326 e. The molecule has 2 aromatic carbocycles. The van der Waals surface area contributed by atoms with E-state index in [0.717, 1.165) is 24.9 Å². The molecule has 1 saturated heterocycles. The third-order valence-corrected chi connectivity index (χ3v) is 5.88. The first-order chi connectivity index (χ1) is 13.5. The minimum absolute atomic E-state index is 0.0944. The maximum Gasteiger partial charge on any atom is 0.321 e. The number of carbonyl (C=O) groups is 2. The van der Waals surface area contributed by atoms with Crippen molar-refractivity contribution in [3.05, 3.63) is 59.9 Å². The van der Waals surface area contributed by atoms with Gasteiger partial charge in [0.1, 0.15) is 5.82 Å². The van der Waals surface area contributed by atoms with Gasteiger partial charge in [0.2, 0.25) is 5.91 Å². The second kappa shape index (κ2) is 7.26. The number of amides is 3. The summed E-state index contributed by atoms with van der Waals surface area (Å²) < 4.78 is 13.3. The van der Waals surface area contributed by atoms with Crippen LogP contribution >= 0.6 is 0 Å². The van der Waals surface area contributed by atoms with Crippen molar-refractivity contribution >= 4 is 23.3 Å². The molecule has 2 atom stereocenters. The molecule has 0 radical (unpaired) electrons. The molecule has 1 aliphatic heterocycles. The first kappa shape index (κ1) is 18.5. The number of hydrogen-bond acceptors (Lipinski definition) is 2. The molecule has 1 aliphatic carbocycles. The molecule has 3 amide bonds. The van der Waals surface area contributed by atoms with Gasteiger partial charge in [0, 0.05) is 35.8 Å². The Morgan fingerprint density at radius 1 is 1.14 bits per heavy atom. The maximum absolute atomic E-state index is 13.3. The summed E-state index contributed by atoms with van der Waals surface area (Å²) in [6.45, 7) is 3.31. The van der Waals surface area contributed by atoms with E-state index >= 15 is 0 Å². The van der Waals surface area contributed by atoms with Crippen LogP contribution in [0.4, 0.5) is 20.6 Å². The second-order valence-corrected chi connectivity index (χ2v) is 7.77. The lowest BCUT2D eigenvalue weighted by molar-refractivity contribution is -0.118. The lowest BCUT2D eigenvalue weighted by Gasteiger charge is -2.18. The predicted molar refractivity (Wildman–Crippen MR) is 107 cm³/mol. The molecule has 28 heavy (non-hydrogen) atoms. The number of anilines is 2. The van der Waals surface area contributed by atoms with E-state index in [2.05, 4.69) is 17.6 Å². The Balaban J connectivity index is 1.32. The summed E-state index contributed by atoms with van der Waals surface area (Å²) in [5, 5.41) is 5.73. The highest BCUT2D eigenvalue weighted by Crippen LogP contribution is 2.58. The van der Waals surface area contributed by atoms with Crippen LogP contribution in [0.3, 0.4) is 0 Å². The van der Waals surface area contributed by atoms with Gasteiger partial charge in [-0.25, -0.2) is 9.18 Å². The molecule has 5 nitrogen and oxygen atoms in total. The number of urea groups is 1. The van der Waals surface area contributed by atoms with Gasteiger partial charge in [0.05, 0.1) is 0 Å². The van der Waals surface area contributed by atoms with E-state index in [1.165, 1.54) is 17.7 Å². The summed E-state index contributed by atoms with van der Waals surface area (Å²) in [5.41, 5.74) is 2.33. The SMILES string of the molecule is CCc1ccc(NC(=O)N2CC[C@]3(C[C@@H]3C(=O)Nc3cccc(F)c3)C2)cc1. The molecule has 1 heterocycles. The Labute approximate surface area is 163 Å². The zero-order chi connectivity index (χ0) is 19.7. The van der Waals surface area contributed by atoms with Crippen molar-refractivity contribution in [1.82, 2.24) is 4.90 Å². The van der Waals surface area contributed by atoms with Crippen LogP contribution in [-0.2, 0) is 11.2 Å². The lowest BCUT2D eigenvalue weighted by Crippen LogP contribution is -2.33. The van der Waals surface area contributed by atoms with E-state index in [1.807, 2.05) is 24.3 Å². The highest BCUT2D eigenvalue weighted by molar-refractivity contribution is 5.95. The fraction of sp³-hybridized carbons (Fsp3) is 0.364. The van der Waals surface area contributed by atoms with Crippen LogP contribution in [0, 0.1) is 17.2 Å². The van der Waals surface area contributed by atoms with Gasteiger partial charge >= 0.3 is 6.03 Å². The van der Waals surface area contributed by atoms with Crippen molar-refractivity contribution in [2.24, 2.45) is 11.3 Å². The van der Waals surface area contributed by atoms with E-state index in [4.69, 9.17) is 0 Å². The molecule has 1 saturated carbocycles. The Morgan fingerprint density at radius 2 is 1.93 bits per heavy atom. The van der Waals surface area contributed by atoms with E-state index in [1.54, 1.807) is 17.0 Å². The average Bonchev–Trinajstić information content (AvgIpc) is 3.22. The van der Waals surface area contributed by atoms with Gasteiger partial charge in [-0.3, -0.25) is 4.79 Å². The summed E-state index contributed by atoms with van der Waals surface area (Å²) in [6, 6.07) is 13.6. The Bertz CT molecular complexity index is 899. The number of carbonyl (C=O) groups excluding carboxylic acids is 2. The van der Waals surface area contributed by atoms with Gasteiger partial charge < -0.3 is 15.5 Å². The van der Waals surface area contributed by atoms with Gasteiger partial charge in [-0.2, -0.15) is 0 Å². The Kier molecular flexibility index (Phi) is 4.79. The topological polar surface area (TPSA) is 61.4 Å². The Hall–Kier alpha value is -2.89. The summed E-state index contributed by atoms with van der Waals surface area (Å²) in [4.78, 5) is 26.9. The van der Waals surface area contributed by atoms with Crippen molar-refractivity contribution in [2.45, 2.75) is 26.2 Å². The third kappa shape index (κ3) is 3.72. The second-order valence-electron chi connectivity index (χ2n) is 7.77. The first-order valence-corrected chi connectivity index (χ1v) is 9.70. The molecular formula is C22H24FN3O2. The number of aryl methyl sites for hydroxylation is 1. The first-order valence-electron chi connectivity index (χ1n) is 9.70. The largest absolute Gasteiger partial charge is 0.326 e. The minimum atomic E-state index is -0.376. The van der Waals surface area contributed by atoms with E-state index < -0.39 is 0 Å². The fourth-order valence-electron chi connectivity index (χ4n) is 4.06. The summed E-state index contributed by atoms with van der Waals surface area (Å²) in [6.07, 6.45) is 2.54. The van der Waals surface area contributed by atoms with Crippen molar-refractivity contribution in [2.75, 3.05) is 23.7 Å². The van der Waals surface area contributed by atoms with Crippen molar-refractivity contribution in [1.29, 1.82) is 0 Å². The maximum atomic E-state index is 13.3. The number of nitrogens with zero attached hydrogens (tertiary/aromatic N) is 1. The van der Waals surface area contributed by atoms with Gasteiger partial charge in [0.25, 0.3) is 0 Å². The number of nitrogens with one attached hydrogen (secondary N) is 2. The summed E-state index contributed by atoms with van der Waals surface area (Å²) in [7, 11) is 0. The number of benzene rings is 2. The van der Waals surface area contributed by atoms with E-state index in [-0.39, 0.29) is 29.1 Å². The molecular weight excluding hydrogens is 357 g/mol. The average molecular weight is 381 g/mol. The molecule has 1 spiro atoms. The molecule has 0 aromatic heterocycles. The molecule has 0 bridgehead atoms. The van der Waals surface area contributed by atoms with Gasteiger partial charge in [0.15, 0.2) is 0 Å². The Morgan fingerprint density at radius 3 is 2.64 bits per heavy atom. The van der Waals surface area contributed by atoms with Crippen LogP contribution in [0.15, 0.2) is 48.5 Å². The third-order valence-electron chi connectivity index (χ3n) is 5.88. The van der Waals surface area contributed by atoms with E-state index in [0.29, 0.717) is 18.8 Å². The van der Waals surface area contributed by atoms with Crippen LogP contribution in [0.25, 0.3) is 0 Å². The quantitative estimate of drug-likeness (QED) is 0.831. The standard InChI is InChI=1S/C22H24FN3O2/c1-2-15-6-8-17(9-7-15)25-21(28)26-11-10-22(14-26)13-19(22)20(27)24-18-5-3-4-16(23)12-18/h3-9,12,19H,2,10-11,13-14H2,1H3,(H,24,27)(H,25,28)/t19-,22+/m1/s1. The smallest absolute Gasteiger partial charge is 0.321 e.